The van der Waals surface area contributed by atoms with Crippen molar-refractivity contribution in [2.75, 3.05) is 26.3 Å². The zero-order chi connectivity index (χ0) is 53.5. The van der Waals surface area contributed by atoms with Crippen molar-refractivity contribution in [3.8, 4) is 5.75 Å². The van der Waals surface area contributed by atoms with Crippen molar-refractivity contribution >= 4 is 59.2 Å². The number of nitrogens with two attached hydrogens (primary N) is 2. The lowest BCUT2D eigenvalue weighted by atomic mass is 9.96. The van der Waals surface area contributed by atoms with E-state index in [-0.39, 0.29) is 38.1 Å². The van der Waals surface area contributed by atoms with Crippen molar-refractivity contribution in [2.45, 2.75) is 153 Å². The number of unbranched alkanes of at least 4 members (excludes halogenated alkanes) is 1. The van der Waals surface area contributed by atoms with Crippen molar-refractivity contribution in [3.63, 3.8) is 0 Å². The van der Waals surface area contributed by atoms with Gasteiger partial charge in [0.2, 0.25) is 47.3 Å². The number of phenols is 1. The molecule has 1 aliphatic rings. The Bertz CT molecular complexity index is 1990. The largest absolute Gasteiger partial charge is 0.508 e. The summed E-state index contributed by atoms with van der Waals surface area (Å²) in [5, 5.41) is 65.7. The van der Waals surface area contributed by atoms with Crippen LogP contribution in [0.3, 0.4) is 0 Å². The number of benzene rings is 1. The maximum atomic E-state index is 14.3. The molecule has 0 saturated carbocycles. The molecular formula is C46H74N10O15. The number of amides is 8. The summed E-state index contributed by atoms with van der Waals surface area (Å²) in [4.78, 5) is 133. The van der Waals surface area contributed by atoms with E-state index in [4.69, 9.17) is 11.5 Å². The number of aromatic hydroxyl groups is 1. The molecule has 8 amide bonds. The fourth-order valence-corrected chi connectivity index (χ4v) is 7.50. The first kappa shape index (κ1) is 60.7. The average Bonchev–Trinajstić information content (AvgIpc) is 3.84. The number of nitrogens with zero attached hydrogens (tertiary/aromatic N) is 1. The van der Waals surface area contributed by atoms with Crippen LogP contribution in [0.15, 0.2) is 24.3 Å². The lowest BCUT2D eigenvalue weighted by Crippen LogP contribution is -2.61. The van der Waals surface area contributed by atoms with E-state index in [2.05, 4.69) is 37.2 Å². The number of aliphatic carboxylic acids is 2. The number of likely N-dealkylation sites (tertiary alicyclic amines) is 1. The van der Waals surface area contributed by atoms with Gasteiger partial charge in [0.1, 0.15) is 60.1 Å². The number of aliphatic hydroxyl groups is 2. The molecule has 1 heterocycles. The summed E-state index contributed by atoms with van der Waals surface area (Å²) in [6.45, 7) is 6.69. The van der Waals surface area contributed by atoms with Crippen LogP contribution in [-0.4, -0.2) is 170 Å². The highest BCUT2D eigenvalue weighted by molar-refractivity contribution is 5.98. The van der Waals surface area contributed by atoms with Crippen LogP contribution < -0.4 is 48.7 Å². The summed E-state index contributed by atoms with van der Waals surface area (Å²) in [5.41, 5.74) is 11.8. The number of phenolic OH excluding ortho intramolecular Hbond substituents is 1. The van der Waals surface area contributed by atoms with Crippen LogP contribution in [-0.2, 0) is 54.4 Å². The number of rotatable bonds is 31. The standard InChI is InChI=1S/C46H74N10O15/c1-6-24(3)36(54-42(66)32(52-39(63)29(48)22-57)21-27-13-15-28(59)16-14-27)45(69)56-20-10-12-34(56)44(68)53-33(23-58)43(67)49-26(5)38(62)50-31(17-18-35(60)61)40(64)51-30(11-8-9-19-47)41(65)55-37(46(70)71)25(4)7-2/h13-16,24-26,29-34,36-37,57-59H,6-12,17-23,47-48H2,1-5H3,(H,49,67)(H,50,62)(H,51,64)(H,52,63)(H,53,68)(H,54,66)(H,55,65)(H,60,61)(H,70,71)/t24?,25?,26-,29-,30-,31-,32-,33-,34-,36-,37-/m0/s1. The lowest BCUT2D eigenvalue weighted by molar-refractivity contribution is -0.144. The maximum absolute atomic E-state index is 14.3. The average molecular weight is 1010 g/mol. The van der Waals surface area contributed by atoms with E-state index in [0.717, 1.165) is 0 Å². The highest BCUT2D eigenvalue weighted by atomic mass is 16.4. The highest BCUT2D eigenvalue weighted by Gasteiger charge is 2.41. The summed E-state index contributed by atoms with van der Waals surface area (Å²) < 4.78 is 0. The molecule has 16 N–H and O–H groups in total. The van der Waals surface area contributed by atoms with Crippen molar-refractivity contribution in [2.24, 2.45) is 23.3 Å². The number of nitrogens with one attached hydrogen (secondary N) is 7. The molecule has 0 aromatic heterocycles. The Labute approximate surface area is 412 Å². The SMILES string of the molecule is CCC(C)[C@H](NC(=O)[C@H](CCCCN)NC(=O)[C@H](CCC(=O)O)NC(=O)[C@H](C)NC(=O)[C@H](CO)NC(=O)[C@@H]1CCCN1C(=O)[C@@H](NC(=O)[C@H](Cc1ccc(O)cc1)NC(=O)[C@@H](N)CO)C(C)CC)C(=O)O. The highest BCUT2D eigenvalue weighted by Crippen LogP contribution is 2.22. The fraction of sp³-hybridized carbons (Fsp3) is 0.652. The van der Waals surface area contributed by atoms with Crippen LogP contribution >= 0.6 is 0 Å². The van der Waals surface area contributed by atoms with Crippen molar-refractivity contribution in [1.82, 2.24) is 42.1 Å². The van der Waals surface area contributed by atoms with E-state index in [1.165, 1.54) is 36.1 Å². The molecule has 1 fully saturated rings. The Hall–Kier alpha value is -6.44. The van der Waals surface area contributed by atoms with Crippen LogP contribution in [0.4, 0.5) is 0 Å². The zero-order valence-electron chi connectivity index (χ0n) is 41.0. The second kappa shape index (κ2) is 30.3. The first-order valence-electron chi connectivity index (χ1n) is 23.9. The third-order valence-corrected chi connectivity index (χ3v) is 12.4. The van der Waals surface area contributed by atoms with E-state index < -0.39 is 151 Å². The third kappa shape index (κ3) is 19.4. The summed E-state index contributed by atoms with van der Waals surface area (Å²) in [7, 11) is 0. The van der Waals surface area contributed by atoms with E-state index in [1.807, 2.05) is 0 Å². The second-order valence-electron chi connectivity index (χ2n) is 17.8. The van der Waals surface area contributed by atoms with Crippen molar-refractivity contribution in [1.29, 1.82) is 0 Å². The third-order valence-electron chi connectivity index (χ3n) is 12.4. The Morgan fingerprint density at radius 2 is 1.20 bits per heavy atom. The molecule has 25 nitrogen and oxygen atoms in total. The van der Waals surface area contributed by atoms with Gasteiger partial charge in [0.25, 0.3) is 0 Å². The Morgan fingerprint density at radius 1 is 0.662 bits per heavy atom. The van der Waals surface area contributed by atoms with E-state index in [0.29, 0.717) is 37.7 Å². The molecule has 2 unspecified atom stereocenters. The van der Waals surface area contributed by atoms with Gasteiger partial charge in [0.15, 0.2) is 0 Å². The number of hydrogen-bond acceptors (Lipinski definition) is 15. The van der Waals surface area contributed by atoms with E-state index in [9.17, 15) is 73.5 Å². The van der Waals surface area contributed by atoms with Crippen LogP contribution in [0, 0.1) is 11.8 Å². The van der Waals surface area contributed by atoms with Crippen molar-refractivity contribution in [3.05, 3.63) is 29.8 Å². The van der Waals surface area contributed by atoms with Gasteiger partial charge in [-0.15, -0.1) is 0 Å². The lowest BCUT2D eigenvalue weighted by Gasteiger charge is -2.33. The molecule has 1 aromatic rings. The van der Waals surface area contributed by atoms with Gasteiger partial charge in [-0.3, -0.25) is 43.2 Å². The zero-order valence-corrected chi connectivity index (χ0v) is 41.0. The smallest absolute Gasteiger partial charge is 0.326 e. The minimum Gasteiger partial charge on any atom is -0.508 e. The summed E-state index contributed by atoms with van der Waals surface area (Å²) >= 11 is 0. The fourth-order valence-electron chi connectivity index (χ4n) is 7.50. The van der Waals surface area contributed by atoms with Gasteiger partial charge in [-0.2, -0.15) is 0 Å². The summed E-state index contributed by atoms with van der Waals surface area (Å²) in [5.74, 6) is -10.6. The number of carboxylic acids is 2. The molecule has 11 atom stereocenters. The minimum atomic E-state index is -1.67. The van der Waals surface area contributed by atoms with Crippen molar-refractivity contribution < 1.29 is 73.5 Å². The summed E-state index contributed by atoms with van der Waals surface area (Å²) in [6, 6.07) is -6.51. The summed E-state index contributed by atoms with van der Waals surface area (Å²) in [6.07, 6.45) is 0.922. The molecule has 71 heavy (non-hydrogen) atoms. The van der Waals surface area contributed by atoms with Gasteiger partial charge < -0.3 is 79.1 Å². The van der Waals surface area contributed by atoms with Gasteiger partial charge in [0, 0.05) is 19.4 Å². The molecule has 2 rings (SSSR count). The molecule has 0 aliphatic carbocycles. The first-order chi connectivity index (χ1) is 33.5. The molecule has 0 spiro atoms. The van der Waals surface area contributed by atoms with Gasteiger partial charge in [-0.05, 0) is 81.5 Å². The normalized spacial score (nSPS) is 17.5. The van der Waals surface area contributed by atoms with E-state index in [1.54, 1.807) is 27.7 Å². The Kier molecular flexibility index (Phi) is 25.9. The molecule has 0 bridgehead atoms. The predicted octanol–water partition coefficient (Wildman–Crippen LogP) is -3.18. The van der Waals surface area contributed by atoms with Crippen LogP contribution in [0.2, 0.25) is 0 Å². The predicted molar refractivity (Wildman–Crippen MR) is 254 cm³/mol. The second-order valence-corrected chi connectivity index (χ2v) is 17.8. The Morgan fingerprint density at radius 3 is 1.76 bits per heavy atom. The topological polar surface area (TPSA) is 411 Å². The molecule has 0 radical (unpaired) electrons. The molecule has 1 saturated heterocycles. The number of carbonyl (C=O) groups excluding carboxylic acids is 8. The van der Waals surface area contributed by atoms with Crippen LogP contribution in [0.25, 0.3) is 0 Å². The first-order valence-corrected chi connectivity index (χ1v) is 23.9. The monoisotopic (exact) mass is 1010 g/mol. The Balaban J connectivity index is 2.23. The maximum Gasteiger partial charge on any atom is 0.326 e. The molecule has 25 heteroatoms. The molecule has 1 aliphatic heterocycles. The number of aliphatic hydroxyl groups excluding tert-OH is 2. The minimum absolute atomic E-state index is 0.0245. The van der Waals surface area contributed by atoms with Gasteiger partial charge in [0.05, 0.1) is 13.2 Å². The molecule has 398 valence electrons. The number of hydrogen-bond donors (Lipinski definition) is 14. The van der Waals surface area contributed by atoms with Crippen LogP contribution in [0.5, 0.6) is 5.75 Å². The van der Waals surface area contributed by atoms with Gasteiger partial charge in [-0.25, -0.2) is 4.79 Å². The molecule has 1 aromatic carbocycles. The van der Waals surface area contributed by atoms with Crippen LogP contribution in [0.1, 0.15) is 98.0 Å². The number of carbonyl (C=O) groups is 10. The number of carboxylic acid groups (broad SMARTS) is 2. The quantitative estimate of drug-likeness (QED) is 0.0326. The van der Waals surface area contributed by atoms with Gasteiger partial charge in [-0.1, -0.05) is 52.7 Å². The molecular weight excluding hydrogens is 933 g/mol. The van der Waals surface area contributed by atoms with Gasteiger partial charge >= 0.3 is 11.9 Å². The van der Waals surface area contributed by atoms with E-state index >= 15 is 0 Å².